The number of halogens is 3. The summed E-state index contributed by atoms with van der Waals surface area (Å²) in [6.07, 6.45) is -4.21. The van der Waals surface area contributed by atoms with Crippen LogP contribution in [0.15, 0.2) is 66.9 Å². The maximum Gasteiger partial charge on any atom is 0.410 e. The summed E-state index contributed by atoms with van der Waals surface area (Å²) in [5, 5.41) is 10.0. The molecule has 8 nitrogen and oxygen atoms in total. The highest BCUT2D eigenvalue weighted by Gasteiger charge is 2.48. The minimum Gasteiger partial charge on any atom is -0.444 e. The molecule has 0 bridgehead atoms. The van der Waals surface area contributed by atoms with Crippen LogP contribution in [0.5, 0.6) is 0 Å². The van der Waals surface area contributed by atoms with Gasteiger partial charge in [0, 0.05) is 25.4 Å². The number of hydrogen-bond donors (Lipinski definition) is 2. The molecule has 3 aromatic rings. The zero-order valence-corrected chi connectivity index (χ0v) is 22.5. The third kappa shape index (κ3) is 5.78. The van der Waals surface area contributed by atoms with Gasteiger partial charge in [-0.1, -0.05) is 60.7 Å². The van der Waals surface area contributed by atoms with Crippen LogP contribution < -0.4 is 10.6 Å². The van der Waals surface area contributed by atoms with E-state index in [9.17, 15) is 22.8 Å². The molecule has 1 saturated heterocycles. The summed E-state index contributed by atoms with van der Waals surface area (Å²) in [4.78, 5) is 28.0. The molecule has 1 fully saturated rings. The van der Waals surface area contributed by atoms with Crippen molar-refractivity contribution in [1.29, 1.82) is 0 Å². The lowest BCUT2D eigenvalue weighted by molar-refractivity contribution is -0.173. The highest BCUT2D eigenvalue weighted by atomic mass is 19.4. The predicted octanol–water partition coefficient (Wildman–Crippen LogP) is 5.68. The van der Waals surface area contributed by atoms with Gasteiger partial charge in [-0.25, -0.2) is 9.48 Å². The van der Waals surface area contributed by atoms with E-state index >= 15 is 0 Å². The van der Waals surface area contributed by atoms with Crippen molar-refractivity contribution in [3.05, 3.63) is 83.6 Å². The number of amides is 2. The van der Waals surface area contributed by atoms with Crippen LogP contribution in [-0.4, -0.2) is 57.6 Å². The summed E-state index contributed by atoms with van der Waals surface area (Å²) in [6, 6.07) is 15.3. The fourth-order valence-electron chi connectivity index (χ4n) is 5.41. The van der Waals surface area contributed by atoms with Crippen LogP contribution in [0.4, 0.5) is 23.8 Å². The number of benzene rings is 2. The molecule has 0 spiro atoms. The number of nitrogens with zero attached hydrogens (tertiary/aromatic N) is 3. The number of fused-ring (bicyclic) bond motifs is 1. The first-order valence-electron chi connectivity index (χ1n) is 13.2. The average molecular weight is 556 g/mol. The highest BCUT2D eigenvalue weighted by molar-refractivity contribution is 5.99. The van der Waals surface area contributed by atoms with Gasteiger partial charge < -0.3 is 20.3 Å². The lowest BCUT2D eigenvalue weighted by atomic mass is 9.94. The van der Waals surface area contributed by atoms with E-state index in [0.717, 1.165) is 10.2 Å². The second-order valence-electron chi connectivity index (χ2n) is 11.2. The van der Waals surface area contributed by atoms with Gasteiger partial charge in [0.25, 0.3) is 5.91 Å². The Morgan fingerprint density at radius 3 is 2.20 bits per heavy atom. The molecule has 3 heterocycles. The first-order chi connectivity index (χ1) is 18.9. The fraction of sp³-hybridized carbons (Fsp3) is 0.414. The Kier molecular flexibility index (Phi) is 7.24. The van der Waals surface area contributed by atoms with Gasteiger partial charge in [0.15, 0.2) is 6.04 Å². The Morgan fingerprint density at radius 1 is 0.975 bits per heavy atom. The summed E-state index contributed by atoms with van der Waals surface area (Å²) in [5.74, 6) is -0.665. The number of alkyl halides is 3. The van der Waals surface area contributed by atoms with Crippen LogP contribution in [0, 0.1) is 0 Å². The minimum atomic E-state index is -4.55. The lowest BCUT2D eigenvalue weighted by Crippen LogP contribution is -2.43. The van der Waals surface area contributed by atoms with Gasteiger partial charge in [-0.3, -0.25) is 4.79 Å². The summed E-state index contributed by atoms with van der Waals surface area (Å²) in [6.45, 7) is 5.71. The normalized spacial score (nSPS) is 22.8. The molecule has 2 unspecified atom stereocenters. The number of alkyl carbamates (subject to hydrolysis) is 1. The Balaban J connectivity index is 1.43. The van der Waals surface area contributed by atoms with Gasteiger partial charge in [0.1, 0.15) is 17.0 Å². The van der Waals surface area contributed by atoms with E-state index in [1.165, 1.54) is 6.20 Å². The molecule has 40 heavy (non-hydrogen) atoms. The van der Waals surface area contributed by atoms with E-state index in [2.05, 4.69) is 15.7 Å². The average Bonchev–Trinajstić information content (AvgIpc) is 3.51. The van der Waals surface area contributed by atoms with E-state index in [4.69, 9.17) is 4.74 Å². The van der Waals surface area contributed by atoms with Gasteiger partial charge in [-0.15, -0.1) is 0 Å². The molecule has 4 atom stereocenters. The predicted molar refractivity (Wildman–Crippen MR) is 143 cm³/mol. The van der Waals surface area contributed by atoms with Crippen molar-refractivity contribution < 1.29 is 27.5 Å². The van der Waals surface area contributed by atoms with E-state index in [1.807, 2.05) is 30.3 Å². The Morgan fingerprint density at radius 2 is 1.60 bits per heavy atom. The van der Waals surface area contributed by atoms with Crippen LogP contribution in [0.25, 0.3) is 0 Å². The first kappa shape index (κ1) is 27.5. The molecule has 2 aliphatic rings. The minimum absolute atomic E-state index is 0.0345. The molecule has 0 saturated carbocycles. The maximum atomic E-state index is 14.1. The van der Waals surface area contributed by atoms with Crippen molar-refractivity contribution in [2.75, 3.05) is 18.4 Å². The molecule has 5 rings (SSSR count). The van der Waals surface area contributed by atoms with E-state index < -0.39 is 41.9 Å². The second kappa shape index (κ2) is 10.5. The van der Waals surface area contributed by atoms with Gasteiger partial charge in [-0.05, 0) is 31.9 Å². The molecule has 2 amide bonds. The van der Waals surface area contributed by atoms with E-state index in [0.29, 0.717) is 5.56 Å². The van der Waals surface area contributed by atoms with Crippen LogP contribution in [0.3, 0.4) is 0 Å². The lowest BCUT2D eigenvalue weighted by Gasteiger charge is -2.34. The van der Waals surface area contributed by atoms with Crippen LogP contribution in [0.1, 0.15) is 66.7 Å². The number of carbonyl (C=O) groups is 2. The second-order valence-corrected chi connectivity index (χ2v) is 11.2. The molecule has 212 valence electrons. The third-order valence-electron chi connectivity index (χ3n) is 7.21. The number of anilines is 1. The summed E-state index contributed by atoms with van der Waals surface area (Å²) in [5.41, 5.74) is 0.970. The topological polar surface area (TPSA) is 88.5 Å². The van der Waals surface area contributed by atoms with Gasteiger partial charge >= 0.3 is 12.3 Å². The monoisotopic (exact) mass is 555 g/mol. The smallest absolute Gasteiger partial charge is 0.410 e. The molecule has 2 N–H and O–H groups in total. The van der Waals surface area contributed by atoms with Gasteiger partial charge in [-0.2, -0.15) is 18.3 Å². The number of aromatic nitrogens is 2. The Hall–Kier alpha value is -4.02. The zero-order chi connectivity index (χ0) is 28.7. The quantitative estimate of drug-likeness (QED) is 0.433. The molecule has 0 aliphatic carbocycles. The van der Waals surface area contributed by atoms with Crippen molar-refractivity contribution in [3.8, 4) is 0 Å². The van der Waals surface area contributed by atoms with Crippen LogP contribution >= 0.6 is 0 Å². The molecular formula is C29H32F3N5O3. The highest BCUT2D eigenvalue weighted by Crippen LogP contribution is 2.44. The molecule has 11 heteroatoms. The van der Waals surface area contributed by atoms with Crippen molar-refractivity contribution in [2.45, 2.75) is 63.0 Å². The number of carbonyl (C=O) groups excluding carboxylic acids is 2. The van der Waals surface area contributed by atoms with Crippen molar-refractivity contribution in [3.63, 3.8) is 0 Å². The van der Waals surface area contributed by atoms with Gasteiger partial charge in [0.05, 0.1) is 18.3 Å². The summed E-state index contributed by atoms with van der Waals surface area (Å²) in [7, 11) is 0. The number of hydrogen-bond acceptors (Lipinski definition) is 5. The van der Waals surface area contributed by atoms with Gasteiger partial charge in [0.2, 0.25) is 0 Å². The molecular weight excluding hydrogens is 523 g/mol. The van der Waals surface area contributed by atoms with E-state index in [1.54, 1.807) is 56.0 Å². The molecule has 2 aromatic carbocycles. The maximum absolute atomic E-state index is 14.1. The third-order valence-corrected chi connectivity index (χ3v) is 7.21. The number of likely N-dealkylation sites (tertiary alicyclic amines) is 1. The fourth-order valence-corrected chi connectivity index (χ4v) is 5.41. The SMILES string of the molecule is CC(C)(C)OC(=O)NC1CN(C(=O)c2cnn3c2N[C@@H](c2ccccc2)C[C@H]3C(F)(F)F)CC1c1ccccc1. The zero-order valence-electron chi connectivity index (χ0n) is 22.5. The summed E-state index contributed by atoms with van der Waals surface area (Å²) >= 11 is 0. The largest absolute Gasteiger partial charge is 0.444 e. The van der Waals surface area contributed by atoms with E-state index in [-0.39, 0.29) is 36.8 Å². The van der Waals surface area contributed by atoms with Crippen LogP contribution in [-0.2, 0) is 4.74 Å². The molecule has 0 radical (unpaired) electrons. The number of nitrogens with one attached hydrogen (secondary N) is 2. The molecule has 2 aliphatic heterocycles. The van der Waals surface area contributed by atoms with Crippen molar-refractivity contribution in [2.24, 2.45) is 0 Å². The van der Waals surface area contributed by atoms with Crippen molar-refractivity contribution in [1.82, 2.24) is 20.0 Å². The first-order valence-corrected chi connectivity index (χ1v) is 13.2. The Bertz CT molecular complexity index is 1350. The van der Waals surface area contributed by atoms with Crippen LogP contribution in [0.2, 0.25) is 0 Å². The van der Waals surface area contributed by atoms with Crippen molar-refractivity contribution >= 4 is 17.8 Å². The number of rotatable bonds is 4. The standard InChI is InChI=1S/C29H32F3N5O3/c1-28(2,3)40-27(39)35-23-17-36(16-21(23)18-10-6-4-7-11-18)26(38)20-15-33-37-24(29(30,31)32)14-22(34-25(20)37)19-12-8-5-9-13-19/h4-13,15,21-24,34H,14,16-17H2,1-3H3,(H,35,39)/t21?,22-,23?,24+/m1/s1. The summed E-state index contributed by atoms with van der Waals surface area (Å²) < 4.78 is 48.6. The molecule has 1 aromatic heterocycles. The number of ether oxygens (including phenoxy) is 1. The Labute approximate surface area is 230 Å².